The third kappa shape index (κ3) is 2.77. The Hall–Kier alpha value is -0.0500. The Morgan fingerprint density at radius 3 is 2.83 bits per heavy atom. The average molecular weight is 250 g/mol. The Balaban J connectivity index is 2.72. The fraction of sp³-hybridized carbons (Fsp3) is 0.333. The van der Waals surface area contributed by atoms with Crippen LogP contribution in [0.1, 0.15) is 12.5 Å². The van der Waals surface area contributed by atoms with Gasteiger partial charge in [0.15, 0.2) is 0 Å². The van der Waals surface area contributed by atoms with Gasteiger partial charge in [-0.1, -0.05) is 33.6 Å². The number of hydrogen-bond acceptors (Lipinski definition) is 1. The SMILES string of the molecule is CCOCc1ccc(Br)cc1Cl. The van der Waals surface area contributed by atoms with Crippen molar-refractivity contribution in [3.8, 4) is 0 Å². The lowest BCUT2D eigenvalue weighted by Crippen LogP contribution is -1.92. The van der Waals surface area contributed by atoms with Crippen LogP contribution in [-0.2, 0) is 11.3 Å². The summed E-state index contributed by atoms with van der Waals surface area (Å²) >= 11 is 9.29. The molecule has 0 aromatic heterocycles. The molecule has 0 amide bonds. The quantitative estimate of drug-likeness (QED) is 0.795. The van der Waals surface area contributed by atoms with Gasteiger partial charge in [0, 0.05) is 16.1 Å². The minimum Gasteiger partial charge on any atom is -0.377 e. The van der Waals surface area contributed by atoms with Gasteiger partial charge in [-0.3, -0.25) is 0 Å². The number of rotatable bonds is 3. The Morgan fingerprint density at radius 2 is 2.25 bits per heavy atom. The van der Waals surface area contributed by atoms with Gasteiger partial charge in [0.25, 0.3) is 0 Å². The molecule has 0 unspecified atom stereocenters. The summed E-state index contributed by atoms with van der Waals surface area (Å²) in [7, 11) is 0. The summed E-state index contributed by atoms with van der Waals surface area (Å²) in [6, 6.07) is 5.79. The minimum absolute atomic E-state index is 0.586. The molecule has 1 aromatic carbocycles. The van der Waals surface area contributed by atoms with E-state index in [1.807, 2.05) is 25.1 Å². The van der Waals surface area contributed by atoms with Gasteiger partial charge in [-0.05, 0) is 24.6 Å². The predicted octanol–water partition coefficient (Wildman–Crippen LogP) is 3.64. The van der Waals surface area contributed by atoms with Crippen molar-refractivity contribution in [3.63, 3.8) is 0 Å². The molecule has 1 nitrogen and oxygen atoms in total. The zero-order chi connectivity index (χ0) is 8.97. The van der Waals surface area contributed by atoms with Crippen molar-refractivity contribution in [2.24, 2.45) is 0 Å². The zero-order valence-electron chi connectivity index (χ0n) is 6.81. The highest BCUT2D eigenvalue weighted by atomic mass is 79.9. The Bertz CT molecular complexity index is 263. The van der Waals surface area contributed by atoms with E-state index >= 15 is 0 Å². The largest absolute Gasteiger partial charge is 0.377 e. The van der Waals surface area contributed by atoms with Crippen LogP contribution in [0.4, 0.5) is 0 Å². The van der Waals surface area contributed by atoms with Gasteiger partial charge in [-0.25, -0.2) is 0 Å². The van der Waals surface area contributed by atoms with Crippen LogP contribution in [0, 0.1) is 0 Å². The normalized spacial score (nSPS) is 10.2. The maximum atomic E-state index is 5.96. The highest BCUT2D eigenvalue weighted by molar-refractivity contribution is 9.10. The van der Waals surface area contributed by atoms with Crippen molar-refractivity contribution in [1.29, 1.82) is 0 Å². The first-order chi connectivity index (χ1) is 5.74. The second-order valence-corrected chi connectivity index (χ2v) is 3.70. The zero-order valence-corrected chi connectivity index (χ0v) is 9.15. The van der Waals surface area contributed by atoms with E-state index < -0.39 is 0 Å². The van der Waals surface area contributed by atoms with Crippen LogP contribution in [0.15, 0.2) is 22.7 Å². The Morgan fingerprint density at radius 1 is 1.50 bits per heavy atom. The average Bonchev–Trinajstić information content (AvgIpc) is 2.03. The van der Waals surface area contributed by atoms with E-state index in [0.29, 0.717) is 13.2 Å². The van der Waals surface area contributed by atoms with E-state index in [4.69, 9.17) is 16.3 Å². The fourth-order valence-electron chi connectivity index (χ4n) is 0.851. The summed E-state index contributed by atoms with van der Waals surface area (Å²) in [6.45, 7) is 3.27. The number of hydrogen-bond donors (Lipinski definition) is 0. The first-order valence-corrected chi connectivity index (χ1v) is 4.92. The molecule has 0 bridgehead atoms. The second-order valence-electron chi connectivity index (χ2n) is 2.37. The van der Waals surface area contributed by atoms with Crippen molar-refractivity contribution in [3.05, 3.63) is 33.3 Å². The van der Waals surface area contributed by atoms with Crippen LogP contribution >= 0.6 is 27.5 Å². The Kier molecular flexibility index (Phi) is 4.06. The minimum atomic E-state index is 0.586. The van der Waals surface area contributed by atoms with E-state index in [-0.39, 0.29) is 0 Å². The second kappa shape index (κ2) is 4.85. The van der Waals surface area contributed by atoms with E-state index in [9.17, 15) is 0 Å². The summed E-state index contributed by atoms with van der Waals surface area (Å²) in [5.41, 5.74) is 1.03. The molecule has 0 fully saturated rings. The highest BCUT2D eigenvalue weighted by Crippen LogP contribution is 2.21. The molecule has 0 N–H and O–H groups in total. The van der Waals surface area contributed by atoms with Gasteiger partial charge in [0.1, 0.15) is 0 Å². The standard InChI is InChI=1S/C9H10BrClO/c1-2-12-6-7-3-4-8(10)5-9(7)11/h3-5H,2,6H2,1H3. The van der Waals surface area contributed by atoms with Crippen LogP contribution in [0.5, 0.6) is 0 Å². The monoisotopic (exact) mass is 248 g/mol. The van der Waals surface area contributed by atoms with Gasteiger partial charge in [0.2, 0.25) is 0 Å². The molecular formula is C9H10BrClO. The molecule has 66 valence electrons. The van der Waals surface area contributed by atoms with Gasteiger partial charge < -0.3 is 4.74 Å². The maximum Gasteiger partial charge on any atom is 0.0731 e. The van der Waals surface area contributed by atoms with Crippen LogP contribution < -0.4 is 0 Å². The molecule has 0 heterocycles. The molecule has 0 aliphatic heterocycles. The number of ether oxygens (including phenoxy) is 1. The third-order valence-electron chi connectivity index (χ3n) is 1.48. The molecule has 0 radical (unpaired) electrons. The first kappa shape index (κ1) is 10.0. The van der Waals surface area contributed by atoms with E-state index in [1.54, 1.807) is 0 Å². The van der Waals surface area contributed by atoms with Crippen molar-refractivity contribution in [2.75, 3.05) is 6.61 Å². The summed E-state index contributed by atoms with van der Waals surface area (Å²) in [6.07, 6.45) is 0. The molecule has 1 aromatic rings. The van der Waals surface area contributed by atoms with Crippen LogP contribution in [-0.4, -0.2) is 6.61 Å². The molecule has 0 saturated carbocycles. The molecule has 0 saturated heterocycles. The summed E-state index contributed by atoms with van der Waals surface area (Å²) in [4.78, 5) is 0. The molecule has 0 aliphatic carbocycles. The molecule has 0 aliphatic rings. The van der Waals surface area contributed by atoms with Crippen molar-refractivity contribution < 1.29 is 4.74 Å². The summed E-state index contributed by atoms with van der Waals surface area (Å²) in [5, 5.41) is 0.748. The topological polar surface area (TPSA) is 9.23 Å². The van der Waals surface area contributed by atoms with E-state index in [2.05, 4.69) is 15.9 Å². The smallest absolute Gasteiger partial charge is 0.0731 e. The predicted molar refractivity (Wildman–Crippen MR) is 54.5 cm³/mol. The lowest BCUT2D eigenvalue weighted by Gasteiger charge is -2.03. The van der Waals surface area contributed by atoms with E-state index in [1.165, 1.54) is 0 Å². The van der Waals surface area contributed by atoms with Crippen LogP contribution in [0.2, 0.25) is 5.02 Å². The van der Waals surface area contributed by atoms with Gasteiger partial charge in [-0.15, -0.1) is 0 Å². The molecule has 0 atom stereocenters. The third-order valence-corrected chi connectivity index (χ3v) is 2.32. The number of halogens is 2. The molecule has 1 rings (SSSR count). The molecule has 0 spiro atoms. The van der Waals surface area contributed by atoms with Crippen LogP contribution in [0.3, 0.4) is 0 Å². The highest BCUT2D eigenvalue weighted by Gasteiger charge is 1.99. The summed E-state index contributed by atoms with van der Waals surface area (Å²) < 4.78 is 6.23. The fourth-order valence-corrected chi connectivity index (χ4v) is 1.58. The maximum absolute atomic E-state index is 5.96. The molecule has 3 heteroatoms. The van der Waals surface area contributed by atoms with Crippen molar-refractivity contribution in [1.82, 2.24) is 0 Å². The molecular weight excluding hydrogens is 239 g/mol. The molecule has 12 heavy (non-hydrogen) atoms. The first-order valence-electron chi connectivity index (χ1n) is 3.75. The van der Waals surface area contributed by atoms with Crippen molar-refractivity contribution in [2.45, 2.75) is 13.5 Å². The van der Waals surface area contributed by atoms with Crippen LogP contribution in [0.25, 0.3) is 0 Å². The van der Waals surface area contributed by atoms with Gasteiger partial charge in [0.05, 0.1) is 6.61 Å². The lowest BCUT2D eigenvalue weighted by molar-refractivity contribution is 0.134. The lowest BCUT2D eigenvalue weighted by atomic mass is 10.2. The van der Waals surface area contributed by atoms with E-state index in [0.717, 1.165) is 15.1 Å². The number of benzene rings is 1. The van der Waals surface area contributed by atoms with Crippen molar-refractivity contribution >= 4 is 27.5 Å². The summed E-state index contributed by atoms with van der Waals surface area (Å²) in [5.74, 6) is 0. The van der Waals surface area contributed by atoms with Gasteiger partial charge >= 0.3 is 0 Å². The Labute approximate surface area is 85.8 Å². The van der Waals surface area contributed by atoms with Gasteiger partial charge in [-0.2, -0.15) is 0 Å².